The predicted molar refractivity (Wildman–Crippen MR) is 112 cm³/mol. The number of rotatable bonds is 4. The van der Waals surface area contributed by atoms with Gasteiger partial charge in [0.25, 0.3) is 0 Å². The van der Waals surface area contributed by atoms with E-state index >= 15 is 0 Å². The normalized spacial score (nSPS) is 23.1. The van der Waals surface area contributed by atoms with Gasteiger partial charge in [-0.3, -0.25) is 9.59 Å². The molecule has 0 radical (unpaired) electrons. The third-order valence-corrected chi connectivity index (χ3v) is 6.11. The van der Waals surface area contributed by atoms with Crippen LogP contribution < -0.4 is 10.6 Å². The monoisotopic (exact) mass is 396 g/mol. The lowest BCUT2D eigenvalue weighted by atomic mass is 9.82. The second kappa shape index (κ2) is 8.23. The maximum atomic E-state index is 12.8. The molecule has 0 atom stereocenters. The van der Waals surface area contributed by atoms with Gasteiger partial charge in [-0.1, -0.05) is 6.92 Å². The third-order valence-electron chi connectivity index (χ3n) is 6.11. The van der Waals surface area contributed by atoms with Crippen LogP contribution in [0.5, 0.6) is 0 Å². The number of H-pyrrole nitrogens is 1. The summed E-state index contributed by atoms with van der Waals surface area (Å²) in [5.41, 5.74) is 7.33. The van der Waals surface area contributed by atoms with Gasteiger partial charge in [0, 0.05) is 49.9 Å². The maximum absolute atomic E-state index is 12.8. The topological polar surface area (TPSA) is 108 Å². The van der Waals surface area contributed by atoms with E-state index in [-0.39, 0.29) is 5.92 Å². The zero-order chi connectivity index (χ0) is 20.4. The van der Waals surface area contributed by atoms with Crippen molar-refractivity contribution in [3.63, 3.8) is 0 Å². The minimum atomic E-state index is -0.503. The van der Waals surface area contributed by atoms with Crippen molar-refractivity contribution >= 4 is 34.9 Å². The van der Waals surface area contributed by atoms with Crippen LogP contribution >= 0.6 is 0 Å². The number of hydrogen-bond acceptors (Lipinski definition) is 5. The van der Waals surface area contributed by atoms with Gasteiger partial charge in [-0.15, -0.1) is 0 Å². The maximum Gasteiger partial charge on any atom is 0.241 e. The van der Waals surface area contributed by atoms with E-state index in [1.54, 1.807) is 18.5 Å². The molecule has 1 aliphatic heterocycles. The third kappa shape index (κ3) is 4.26. The molecule has 1 saturated heterocycles. The Bertz CT molecular complexity index is 920. The van der Waals surface area contributed by atoms with Gasteiger partial charge in [0.05, 0.1) is 6.20 Å². The van der Waals surface area contributed by atoms with E-state index in [1.807, 2.05) is 4.90 Å². The van der Waals surface area contributed by atoms with Gasteiger partial charge in [0.15, 0.2) is 5.65 Å². The first-order chi connectivity index (χ1) is 14.0. The van der Waals surface area contributed by atoms with E-state index in [4.69, 9.17) is 10.7 Å². The van der Waals surface area contributed by atoms with Crippen molar-refractivity contribution in [2.45, 2.75) is 32.6 Å². The van der Waals surface area contributed by atoms with E-state index in [9.17, 15) is 9.59 Å². The highest BCUT2D eigenvalue weighted by Crippen LogP contribution is 2.30. The van der Waals surface area contributed by atoms with Gasteiger partial charge in [-0.05, 0) is 37.7 Å². The lowest BCUT2D eigenvalue weighted by Crippen LogP contribution is -2.51. The van der Waals surface area contributed by atoms with E-state index in [0.717, 1.165) is 56.1 Å². The second-order valence-corrected chi connectivity index (χ2v) is 8.17. The number of aromatic amines is 1. The summed E-state index contributed by atoms with van der Waals surface area (Å²) in [6, 6.07) is 0. The molecule has 2 aliphatic rings. The van der Waals surface area contributed by atoms with Gasteiger partial charge >= 0.3 is 0 Å². The first-order valence-corrected chi connectivity index (χ1v) is 10.4. The molecule has 0 aromatic carbocycles. The molecule has 3 heterocycles. The Morgan fingerprint density at radius 1 is 1.17 bits per heavy atom. The number of nitrogens with two attached hydrogens (primary N) is 1. The van der Waals surface area contributed by atoms with Crippen LogP contribution in [-0.2, 0) is 9.59 Å². The molecular weight excluding hydrogens is 368 g/mol. The van der Waals surface area contributed by atoms with Crippen LogP contribution in [0.2, 0.25) is 0 Å². The molecule has 0 bridgehead atoms. The highest BCUT2D eigenvalue weighted by molar-refractivity contribution is 5.93. The summed E-state index contributed by atoms with van der Waals surface area (Å²) in [4.78, 5) is 40.3. The first kappa shape index (κ1) is 19.4. The van der Waals surface area contributed by atoms with Crippen molar-refractivity contribution in [2.75, 3.05) is 31.1 Å². The summed E-state index contributed by atoms with van der Waals surface area (Å²) in [5, 5.41) is 0. The molecule has 8 nitrogen and oxygen atoms in total. The van der Waals surface area contributed by atoms with Gasteiger partial charge in [0.1, 0.15) is 11.3 Å². The van der Waals surface area contributed by atoms with Gasteiger partial charge in [0.2, 0.25) is 11.8 Å². The van der Waals surface area contributed by atoms with Crippen LogP contribution in [0, 0.1) is 11.8 Å². The molecule has 4 rings (SSSR count). The van der Waals surface area contributed by atoms with E-state index in [1.165, 1.54) is 6.08 Å². The SMILES string of the molecule is C[C@H]1CC[C@H](C(=O)N2CCN(c3cnc4[nH]cc(/C=C/C(N)=O)c4n3)CC2)CC1. The smallest absolute Gasteiger partial charge is 0.241 e. The Balaban J connectivity index is 1.41. The number of fused-ring (bicyclic) bond motifs is 1. The minimum Gasteiger partial charge on any atom is -0.366 e. The molecule has 3 N–H and O–H groups in total. The predicted octanol–water partition coefficient (Wildman–Crippen LogP) is 1.93. The average Bonchev–Trinajstić information content (AvgIpc) is 3.14. The van der Waals surface area contributed by atoms with Crippen LogP contribution in [0.1, 0.15) is 38.2 Å². The number of carbonyl (C=O) groups excluding carboxylic acids is 2. The van der Waals surface area contributed by atoms with Crippen molar-refractivity contribution < 1.29 is 9.59 Å². The lowest BCUT2D eigenvalue weighted by molar-refractivity contribution is -0.137. The highest BCUT2D eigenvalue weighted by Gasteiger charge is 2.30. The van der Waals surface area contributed by atoms with Crippen molar-refractivity contribution in [3.8, 4) is 0 Å². The first-order valence-electron chi connectivity index (χ1n) is 10.4. The van der Waals surface area contributed by atoms with Crippen molar-refractivity contribution in [2.24, 2.45) is 17.6 Å². The number of anilines is 1. The molecule has 0 spiro atoms. The Hall–Kier alpha value is -2.90. The number of piperazine rings is 1. The molecule has 1 saturated carbocycles. The summed E-state index contributed by atoms with van der Waals surface area (Å²) >= 11 is 0. The Morgan fingerprint density at radius 2 is 1.90 bits per heavy atom. The summed E-state index contributed by atoms with van der Waals surface area (Å²) in [7, 11) is 0. The number of aromatic nitrogens is 3. The number of amides is 2. The van der Waals surface area contributed by atoms with Crippen molar-refractivity contribution in [1.29, 1.82) is 0 Å². The quantitative estimate of drug-likeness (QED) is 0.768. The standard InChI is InChI=1S/C21H28N6O2/c1-14-2-4-15(5-3-14)21(29)27-10-8-26(9-11-27)18-13-24-20-19(25-18)16(12-23-20)6-7-17(22)28/h6-7,12-15H,2-5,8-11H2,1H3,(H2,22,28)(H,23,24)/b7-6+/t14-,15-. The van der Waals surface area contributed by atoms with Gasteiger partial charge < -0.3 is 20.5 Å². The molecule has 1 aliphatic carbocycles. The molecule has 2 aromatic heterocycles. The summed E-state index contributed by atoms with van der Waals surface area (Å²) in [6.07, 6.45) is 10.8. The van der Waals surface area contributed by atoms with E-state index in [2.05, 4.69) is 21.8 Å². The molecule has 154 valence electrons. The Kier molecular flexibility index (Phi) is 5.51. The van der Waals surface area contributed by atoms with Crippen LogP contribution in [0.15, 0.2) is 18.5 Å². The number of carbonyl (C=O) groups is 2. The number of primary amides is 1. The molecule has 2 amide bonds. The zero-order valence-corrected chi connectivity index (χ0v) is 16.8. The van der Waals surface area contributed by atoms with Gasteiger partial charge in [-0.25, -0.2) is 9.97 Å². The fourth-order valence-corrected chi connectivity index (χ4v) is 4.27. The van der Waals surface area contributed by atoms with Gasteiger partial charge in [-0.2, -0.15) is 0 Å². The number of nitrogens with one attached hydrogen (secondary N) is 1. The molecule has 0 unspecified atom stereocenters. The van der Waals surface area contributed by atoms with E-state index < -0.39 is 5.91 Å². The van der Waals surface area contributed by atoms with Crippen LogP contribution in [0.3, 0.4) is 0 Å². The molecule has 2 fully saturated rings. The summed E-state index contributed by atoms with van der Waals surface area (Å²) in [5.74, 6) is 1.55. The van der Waals surface area contributed by atoms with Crippen molar-refractivity contribution in [3.05, 3.63) is 24.0 Å². The average molecular weight is 396 g/mol. The van der Waals surface area contributed by atoms with Crippen molar-refractivity contribution in [1.82, 2.24) is 19.9 Å². The highest BCUT2D eigenvalue weighted by atomic mass is 16.2. The molecule has 29 heavy (non-hydrogen) atoms. The number of hydrogen-bond donors (Lipinski definition) is 2. The Morgan fingerprint density at radius 3 is 2.59 bits per heavy atom. The largest absolute Gasteiger partial charge is 0.366 e. The fourth-order valence-electron chi connectivity index (χ4n) is 4.27. The summed E-state index contributed by atoms with van der Waals surface area (Å²) in [6.45, 7) is 5.19. The summed E-state index contributed by atoms with van der Waals surface area (Å²) < 4.78 is 0. The molecule has 8 heteroatoms. The molecular formula is C21H28N6O2. The van der Waals surface area contributed by atoms with Crippen LogP contribution in [0.4, 0.5) is 5.82 Å². The van der Waals surface area contributed by atoms with Crippen LogP contribution in [0.25, 0.3) is 17.2 Å². The number of nitrogens with zero attached hydrogens (tertiary/aromatic N) is 4. The lowest BCUT2D eigenvalue weighted by Gasteiger charge is -2.38. The minimum absolute atomic E-state index is 0.202. The van der Waals surface area contributed by atoms with Crippen LogP contribution in [-0.4, -0.2) is 57.8 Å². The zero-order valence-electron chi connectivity index (χ0n) is 16.8. The van der Waals surface area contributed by atoms with E-state index in [0.29, 0.717) is 30.2 Å². The Labute approximate surface area is 170 Å². The molecule has 2 aromatic rings. The fraction of sp³-hybridized carbons (Fsp3) is 0.524. The second-order valence-electron chi connectivity index (χ2n) is 8.17.